The monoisotopic (exact) mass is 340 g/mol. The molecule has 104 valence electrons. The van der Waals surface area contributed by atoms with Crippen LogP contribution in [0.3, 0.4) is 0 Å². The van der Waals surface area contributed by atoms with Crippen LogP contribution in [0.15, 0.2) is 46.9 Å². The Morgan fingerprint density at radius 2 is 1.95 bits per heavy atom. The molecule has 0 bridgehead atoms. The molecule has 2 aromatic carbocycles. The van der Waals surface area contributed by atoms with Gasteiger partial charge in [0.2, 0.25) is 5.91 Å². The predicted molar refractivity (Wildman–Crippen MR) is 77.6 cm³/mol. The van der Waals surface area contributed by atoms with Gasteiger partial charge in [0.1, 0.15) is 11.6 Å². The van der Waals surface area contributed by atoms with Crippen molar-refractivity contribution in [2.24, 2.45) is 0 Å². The Morgan fingerprint density at radius 3 is 2.65 bits per heavy atom. The largest absolute Gasteiger partial charge is 0.374 e. The molecule has 0 aliphatic heterocycles. The normalized spacial score (nSPS) is 10.2. The van der Waals surface area contributed by atoms with Crippen molar-refractivity contribution in [2.45, 2.75) is 0 Å². The van der Waals surface area contributed by atoms with Gasteiger partial charge in [-0.3, -0.25) is 4.79 Å². The minimum atomic E-state index is -0.460. The lowest BCUT2D eigenvalue weighted by Crippen LogP contribution is -2.22. The number of nitrogens with one attached hydrogen (secondary N) is 2. The zero-order chi connectivity index (χ0) is 14.5. The fourth-order valence-electron chi connectivity index (χ4n) is 1.58. The van der Waals surface area contributed by atoms with Crippen LogP contribution in [-0.2, 0) is 4.79 Å². The second-order valence-corrected chi connectivity index (χ2v) is 4.95. The molecule has 20 heavy (non-hydrogen) atoms. The highest BCUT2D eigenvalue weighted by Gasteiger charge is 2.06. The van der Waals surface area contributed by atoms with Crippen molar-refractivity contribution in [3.05, 3.63) is 58.6 Å². The molecular formula is C14H11BrF2N2O. The summed E-state index contributed by atoms with van der Waals surface area (Å²) in [6.07, 6.45) is 0. The maximum Gasteiger partial charge on any atom is 0.243 e. The molecule has 3 nitrogen and oxygen atoms in total. The van der Waals surface area contributed by atoms with Crippen molar-refractivity contribution in [3.8, 4) is 0 Å². The van der Waals surface area contributed by atoms with Gasteiger partial charge in [-0.05, 0) is 36.4 Å². The van der Waals surface area contributed by atoms with Crippen LogP contribution in [0.4, 0.5) is 20.2 Å². The van der Waals surface area contributed by atoms with E-state index in [1.807, 2.05) is 0 Å². The van der Waals surface area contributed by atoms with Crippen molar-refractivity contribution >= 4 is 33.2 Å². The maximum atomic E-state index is 13.5. The molecule has 2 N–H and O–H groups in total. The number of halogens is 3. The van der Waals surface area contributed by atoms with Gasteiger partial charge < -0.3 is 10.6 Å². The van der Waals surface area contributed by atoms with Crippen molar-refractivity contribution in [2.75, 3.05) is 17.2 Å². The predicted octanol–water partition coefficient (Wildman–Crippen LogP) is 3.78. The smallest absolute Gasteiger partial charge is 0.243 e. The van der Waals surface area contributed by atoms with Crippen LogP contribution in [0, 0.1) is 11.6 Å². The second-order valence-electron chi connectivity index (χ2n) is 4.04. The molecule has 0 saturated heterocycles. The number of carbonyl (C=O) groups excluding carboxylic acids is 1. The van der Waals surface area contributed by atoms with Gasteiger partial charge in [0.25, 0.3) is 0 Å². The zero-order valence-electron chi connectivity index (χ0n) is 10.3. The summed E-state index contributed by atoms with van der Waals surface area (Å²) in [5.41, 5.74) is 0.579. The summed E-state index contributed by atoms with van der Waals surface area (Å²) in [5.74, 6) is -1.29. The molecule has 2 rings (SSSR count). The molecule has 1 amide bonds. The molecule has 0 fully saturated rings. The first-order chi connectivity index (χ1) is 9.54. The molecule has 0 aliphatic carbocycles. The van der Waals surface area contributed by atoms with Crippen LogP contribution in [-0.4, -0.2) is 12.5 Å². The highest BCUT2D eigenvalue weighted by atomic mass is 79.9. The van der Waals surface area contributed by atoms with Gasteiger partial charge in [0.05, 0.1) is 12.2 Å². The summed E-state index contributed by atoms with van der Waals surface area (Å²) < 4.78 is 27.1. The molecule has 2 aromatic rings. The van der Waals surface area contributed by atoms with Crippen molar-refractivity contribution < 1.29 is 13.6 Å². The summed E-state index contributed by atoms with van der Waals surface area (Å²) in [6, 6.07) is 10.0. The Balaban J connectivity index is 1.92. The Bertz CT molecular complexity index is 634. The minimum Gasteiger partial charge on any atom is -0.374 e. The molecule has 0 saturated carbocycles. The first-order valence-corrected chi connectivity index (χ1v) is 6.58. The van der Waals surface area contributed by atoms with Gasteiger partial charge in [0, 0.05) is 10.2 Å². The highest BCUT2D eigenvalue weighted by molar-refractivity contribution is 9.10. The van der Waals surface area contributed by atoms with Crippen LogP contribution in [0.1, 0.15) is 0 Å². The number of benzene rings is 2. The van der Waals surface area contributed by atoms with E-state index in [9.17, 15) is 13.6 Å². The van der Waals surface area contributed by atoms with Gasteiger partial charge in [0.15, 0.2) is 0 Å². The van der Waals surface area contributed by atoms with E-state index in [4.69, 9.17) is 0 Å². The molecular weight excluding hydrogens is 330 g/mol. The number of amides is 1. The van der Waals surface area contributed by atoms with Crippen molar-refractivity contribution in [3.63, 3.8) is 0 Å². The van der Waals surface area contributed by atoms with Crippen LogP contribution in [0.2, 0.25) is 0 Å². The standard InChI is InChI=1S/C14H11BrF2N2O/c15-9-4-5-13(12(17)6-9)18-8-14(20)19-11-3-1-2-10(16)7-11/h1-7,18H,8H2,(H,19,20). The number of anilines is 2. The van der Waals surface area contributed by atoms with E-state index in [1.165, 1.54) is 30.3 Å². The van der Waals surface area contributed by atoms with Crippen LogP contribution >= 0.6 is 15.9 Å². The number of rotatable bonds is 4. The van der Waals surface area contributed by atoms with Crippen LogP contribution in [0.25, 0.3) is 0 Å². The highest BCUT2D eigenvalue weighted by Crippen LogP contribution is 2.19. The number of hydrogen-bond acceptors (Lipinski definition) is 2. The van der Waals surface area contributed by atoms with Crippen LogP contribution < -0.4 is 10.6 Å². The molecule has 0 spiro atoms. The molecule has 6 heteroatoms. The van der Waals surface area contributed by atoms with Gasteiger partial charge in [-0.15, -0.1) is 0 Å². The Hall–Kier alpha value is -1.95. The summed E-state index contributed by atoms with van der Waals surface area (Å²) in [5, 5.41) is 5.18. The van der Waals surface area contributed by atoms with Crippen molar-refractivity contribution in [1.82, 2.24) is 0 Å². The van der Waals surface area contributed by atoms with Crippen molar-refractivity contribution in [1.29, 1.82) is 0 Å². The quantitative estimate of drug-likeness (QED) is 0.889. The third kappa shape index (κ3) is 4.03. The first-order valence-electron chi connectivity index (χ1n) is 5.79. The number of hydrogen-bond donors (Lipinski definition) is 2. The topological polar surface area (TPSA) is 41.1 Å². The van der Waals surface area contributed by atoms with Crippen LogP contribution in [0.5, 0.6) is 0 Å². The van der Waals surface area contributed by atoms with E-state index in [1.54, 1.807) is 12.1 Å². The summed E-state index contributed by atoms with van der Waals surface area (Å²) in [4.78, 5) is 11.6. The fourth-order valence-corrected chi connectivity index (χ4v) is 1.91. The third-order valence-electron chi connectivity index (χ3n) is 2.48. The summed E-state index contributed by atoms with van der Waals surface area (Å²) in [7, 11) is 0. The van der Waals surface area contributed by atoms with E-state index < -0.39 is 17.5 Å². The third-order valence-corrected chi connectivity index (χ3v) is 2.97. The summed E-state index contributed by atoms with van der Waals surface area (Å²) in [6.45, 7) is -0.116. The second kappa shape index (κ2) is 6.47. The van der Waals surface area contributed by atoms with E-state index in [0.29, 0.717) is 10.2 Å². The summed E-state index contributed by atoms with van der Waals surface area (Å²) >= 11 is 3.14. The van der Waals surface area contributed by atoms with E-state index in [-0.39, 0.29) is 12.2 Å². The van der Waals surface area contributed by atoms with Gasteiger partial charge >= 0.3 is 0 Å². The maximum absolute atomic E-state index is 13.5. The fraction of sp³-hybridized carbons (Fsp3) is 0.0714. The zero-order valence-corrected chi connectivity index (χ0v) is 11.9. The molecule has 0 aliphatic rings. The van der Waals surface area contributed by atoms with Gasteiger partial charge in [-0.2, -0.15) is 0 Å². The first kappa shape index (κ1) is 14.5. The lowest BCUT2D eigenvalue weighted by atomic mass is 10.3. The van der Waals surface area contributed by atoms with E-state index in [0.717, 1.165) is 0 Å². The average molecular weight is 341 g/mol. The SMILES string of the molecule is O=C(CNc1ccc(Br)cc1F)Nc1cccc(F)c1. The number of carbonyl (C=O) groups is 1. The Labute approximate surface area is 123 Å². The Kier molecular flexibility index (Phi) is 4.68. The molecule has 0 heterocycles. The minimum absolute atomic E-state index is 0.116. The van der Waals surface area contributed by atoms with Gasteiger partial charge in [-0.1, -0.05) is 22.0 Å². The van der Waals surface area contributed by atoms with E-state index in [2.05, 4.69) is 26.6 Å². The average Bonchev–Trinajstić information content (AvgIpc) is 2.37. The molecule has 0 atom stereocenters. The molecule has 0 radical (unpaired) electrons. The molecule has 0 aromatic heterocycles. The lowest BCUT2D eigenvalue weighted by molar-refractivity contribution is -0.114. The Morgan fingerprint density at radius 1 is 1.15 bits per heavy atom. The van der Waals surface area contributed by atoms with E-state index >= 15 is 0 Å². The van der Waals surface area contributed by atoms with Gasteiger partial charge in [-0.25, -0.2) is 8.78 Å². The molecule has 0 unspecified atom stereocenters. The lowest BCUT2D eigenvalue weighted by Gasteiger charge is -2.09.